The number of thioether (sulfide) groups is 1. The number of carbonyl (C=O) groups excluding carboxylic acids is 2. The number of hydrogen-bond donors (Lipinski definition) is 2. The lowest BCUT2D eigenvalue weighted by Crippen LogP contribution is -2.38. The predicted octanol–water partition coefficient (Wildman–Crippen LogP) is 6.30. The number of carboxylic acid groups (broad SMARTS) is 1. The summed E-state index contributed by atoms with van der Waals surface area (Å²) in [5.41, 5.74) is 2.83. The number of nitrogens with one attached hydrogen (secondary N) is 1. The van der Waals surface area contributed by atoms with E-state index in [9.17, 15) is 14.4 Å². The molecule has 9 nitrogen and oxygen atoms in total. The van der Waals surface area contributed by atoms with Gasteiger partial charge in [-0.15, -0.1) is 0 Å². The Kier molecular flexibility index (Phi) is 11.1. The monoisotopic (exact) mass is 685 g/mol. The smallest absolute Gasteiger partial charge is 0.335 e. The Bertz CT molecular complexity index is 1640. The largest absolute Gasteiger partial charge is 0.492 e. The number of aromatic carboxylic acids is 1. The molecule has 0 atom stereocenters. The first-order valence-corrected chi connectivity index (χ1v) is 16.1. The molecule has 2 fully saturated rings. The third-order valence-electron chi connectivity index (χ3n) is 7.14. The van der Waals surface area contributed by atoms with E-state index < -0.39 is 5.97 Å². The molecule has 2 aliphatic heterocycles. The van der Waals surface area contributed by atoms with Crippen molar-refractivity contribution in [2.24, 2.45) is 0 Å². The van der Waals surface area contributed by atoms with Crippen molar-refractivity contribution < 1.29 is 29.0 Å². The first-order chi connectivity index (χ1) is 21.7. The van der Waals surface area contributed by atoms with Gasteiger partial charge in [-0.25, -0.2) is 4.79 Å². The molecule has 0 radical (unpaired) electrons. The average molecular weight is 687 g/mol. The van der Waals surface area contributed by atoms with Gasteiger partial charge >= 0.3 is 5.97 Å². The zero-order valence-electron chi connectivity index (χ0n) is 24.0. The van der Waals surface area contributed by atoms with Crippen LogP contribution in [0.3, 0.4) is 0 Å². The van der Waals surface area contributed by atoms with E-state index in [1.165, 1.54) is 40.9 Å². The van der Waals surface area contributed by atoms with E-state index in [2.05, 4.69) is 10.2 Å². The molecule has 3 aromatic rings. The van der Waals surface area contributed by atoms with Gasteiger partial charge in [0.1, 0.15) is 16.7 Å². The lowest BCUT2D eigenvalue weighted by atomic mass is 10.0. The average Bonchev–Trinajstić information content (AvgIpc) is 3.28. The van der Waals surface area contributed by atoms with Gasteiger partial charge in [-0.2, -0.15) is 0 Å². The molecule has 0 aliphatic carbocycles. The summed E-state index contributed by atoms with van der Waals surface area (Å²) >= 11 is 19.4. The van der Waals surface area contributed by atoms with Crippen LogP contribution in [0.2, 0.25) is 10.0 Å². The van der Waals surface area contributed by atoms with E-state index in [1.807, 2.05) is 24.3 Å². The first kappa shape index (κ1) is 32.9. The normalized spacial score (nSPS) is 16.3. The van der Waals surface area contributed by atoms with Crippen molar-refractivity contribution >= 4 is 81.0 Å². The molecular formula is C32H29Cl2N3O6S2. The van der Waals surface area contributed by atoms with Crippen LogP contribution in [0.5, 0.6) is 5.75 Å². The van der Waals surface area contributed by atoms with Crippen molar-refractivity contribution in [1.82, 2.24) is 9.80 Å². The van der Waals surface area contributed by atoms with Crippen LogP contribution in [0.25, 0.3) is 17.2 Å². The maximum Gasteiger partial charge on any atom is 0.335 e. The minimum Gasteiger partial charge on any atom is -0.492 e. The number of morpholine rings is 1. The standard InChI is InChI=1S/C32H29Cl2N3O6S2/c33-22-4-7-24(26(34)19-22)25-17-20(1-8-27(25)43-16-13-36-11-14-42-15-12-36)18-28-30(39)37(32(44)45-28)10-9-29(38)35-23-5-2-21(3-6-23)31(40)41/h1-8,17-19H,9-16H2,(H,35,38)(H,40,41). The molecule has 0 saturated carbocycles. The Labute approximate surface area is 280 Å². The molecule has 2 aliphatic rings. The third-order valence-corrected chi connectivity index (χ3v) is 9.07. The minimum atomic E-state index is -1.05. The Morgan fingerprint density at radius 1 is 1.02 bits per heavy atom. The summed E-state index contributed by atoms with van der Waals surface area (Å²) in [6.07, 6.45) is 1.77. The van der Waals surface area contributed by atoms with Gasteiger partial charge in [0, 0.05) is 54.4 Å². The van der Waals surface area contributed by atoms with E-state index in [-0.39, 0.29) is 30.3 Å². The topological polar surface area (TPSA) is 108 Å². The number of benzene rings is 3. The second-order valence-corrected chi connectivity index (χ2v) is 12.7. The molecule has 0 spiro atoms. The number of hydrogen-bond acceptors (Lipinski definition) is 8. The second-order valence-electron chi connectivity index (χ2n) is 10.2. The fourth-order valence-electron chi connectivity index (χ4n) is 4.77. The highest BCUT2D eigenvalue weighted by Crippen LogP contribution is 2.39. The van der Waals surface area contributed by atoms with Gasteiger partial charge in [-0.1, -0.05) is 59.3 Å². The van der Waals surface area contributed by atoms with Crippen molar-refractivity contribution in [2.45, 2.75) is 6.42 Å². The maximum absolute atomic E-state index is 13.3. The van der Waals surface area contributed by atoms with Crippen LogP contribution in [0.4, 0.5) is 5.69 Å². The van der Waals surface area contributed by atoms with Crippen LogP contribution < -0.4 is 10.1 Å². The first-order valence-electron chi connectivity index (χ1n) is 14.1. The summed E-state index contributed by atoms with van der Waals surface area (Å²) in [5.74, 6) is -1.02. The Balaban J connectivity index is 1.27. The highest BCUT2D eigenvalue weighted by atomic mass is 35.5. The molecular weight excluding hydrogens is 657 g/mol. The molecule has 2 saturated heterocycles. The zero-order chi connectivity index (χ0) is 31.9. The lowest BCUT2D eigenvalue weighted by molar-refractivity contribution is -0.122. The van der Waals surface area contributed by atoms with Crippen molar-refractivity contribution in [3.63, 3.8) is 0 Å². The van der Waals surface area contributed by atoms with Crippen LogP contribution in [-0.2, 0) is 14.3 Å². The van der Waals surface area contributed by atoms with Crippen LogP contribution in [-0.4, -0.2) is 83.0 Å². The van der Waals surface area contributed by atoms with Gasteiger partial charge in [0.2, 0.25) is 5.91 Å². The molecule has 45 heavy (non-hydrogen) atoms. The van der Waals surface area contributed by atoms with Crippen LogP contribution in [0, 0.1) is 0 Å². The second kappa shape index (κ2) is 15.2. The number of thiocarbonyl (C=S) groups is 1. The number of amides is 2. The predicted molar refractivity (Wildman–Crippen MR) is 181 cm³/mol. The number of nitrogens with zero attached hydrogens (tertiary/aromatic N) is 2. The molecule has 0 aromatic heterocycles. The third kappa shape index (κ3) is 8.63. The number of carboxylic acids is 1. The van der Waals surface area contributed by atoms with Crippen molar-refractivity contribution in [2.75, 3.05) is 51.3 Å². The van der Waals surface area contributed by atoms with E-state index in [1.54, 1.807) is 18.2 Å². The number of halogens is 2. The number of ether oxygens (including phenoxy) is 2. The SMILES string of the molecule is O=C(CCN1C(=O)C(=Cc2ccc(OCCN3CCOCC3)c(-c3ccc(Cl)cc3Cl)c2)SC1=S)Nc1ccc(C(=O)O)cc1. The fourth-order valence-corrected chi connectivity index (χ4v) is 6.59. The van der Waals surface area contributed by atoms with Crippen molar-refractivity contribution in [3.8, 4) is 16.9 Å². The Hall–Kier alpha value is -3.45. The summed E-state index contributed by atoms with van der Waals surface area (Å²) in [7, 11) is 0. The Morgan fingerprint density at radius 3 is 2.49 bits per heavy atom. The van der Waals surface area contributed by atoms with Gasteiger partial charge < -0.3 is 19.9 Å². The van der Waals surface area contributed by atoms with Crippen LogP contribution >= 0.6 is 47.2 Å². The van der Waals surface area contributed by atoms with E-state index in [0.29, 0.717) is 50.5 Å². The van der Waals surface area contributed by atoms with E-state index in [0.717, 1.165) is 36.3 Å². The number of anilines is 1. The Morgan fingerprint density at radius 2 is 1.78 bits per heavy atom. The van der Waals surface area contributed by atoms with Crippen LogP contribution in [0.1, 0.15) is 22.3 Å². The van der Waals surface area contributed by atoms with Crippen LogP contribution in [0.15, 0.2) is 65.6 Å². The summed E-state index contributed by atoms with van der Waals surface area (Å²) in [6.45, 7) is 4.50. The maximum atomic E-state index is 13.3. The van der Waals surface area contributed by atoms with Gasteiger partial charge in [0.05, 0.1) is 28.7 Å². The highest BCUT2D eigenvalue weighted by Gasteiger charge is 2.32. The molecule has 3 aromatic carbocycles. The molecule has 0 unspecified atom stereocenters. The summed E-state index contributed by atoms with van der Waals surface area (Å²) in [4.78, 5) is 41.0. The molecule has 234 valence electrons. The minimum absolute atomic E-state index is 0.0100. The van der Waals surface area contributed by atoms with Gasteiger partial charge in [0.25, 0.3) is 5.91 Å². The van der Waals surface area contributed by atoms with E-state index >= 15 is 0 Å². The molecule has 2 amide bonds. The van der Waals surface area contributed by atoms with E-state index in [4.69, 9.17) is 50.0 Å². The highest BCUT2D eigenvalue weighted by molar-refractivity contribution is 8.26. The molecule has 0 bridgehead atoms. The molecule has 2 heterocycles. The molecule has 2 N–H and O–H groups in total. The van der Waals surface area contributed by atoms with Gasteiger partial charge in [-0.05, 0) is 60.2 Å². The summed E-state index contributed by atoms with van der Waals surface area (Å²) < 4.78 is 12.0. The lowest BCUT2D eigenvalue weighted by Gasteiger charge is -2.26. The van der Waals surface area contributed by atoms with Crippen molar-refractivity contribution in [3.05, 3.63) is 86.7 Å². The number of carbonyl (C=O) groups is 3. The zero-order valence-corrected chi connectivity index (χ0v) is 27.1. The fraction of sp³-hybridized carbons (Fsp3) is 0.250. The quantitative estimate of drug-likeness (QED) is 0.178. The van der Waals surface area contributed by atoms with Crippen molar-refractivity contribution in [1.29, 1.82) is 0 Å². The summed E-state index contributed by atoms with van der Waals surface area (Å²) in [5, 5.41) is 12.7. The molecule has 13 heteroatoms. The number of rotatable bonds is 11. The summed E-state index contributed by atoms with van der Waals surface area (Å²) in [6, 6.07) is 16.7. The van der Waals surface area contributed by atoms with Gasteiger partial charge in [0.15, 0.2) is 0 Å². The molecule has 5 rings (SSSR count). The van der Waals surface area contributed by atoms with Gasteiger partial charge in [-0.3, -0.25) is 19.4 Å².